The van der Waals surface area contributed by atoms with Crippen molar-refractivity contribution >= 4 is 23.7 Å². The highest BCUT2D eigenvalue weighted by Crippen LogP contribution is 2.79. The monoisotopic (exact) mass is 528 g/mol. The summed E-state index contributed by atoms with van der Waals surface area (Å²) in [5.74, 6) is -2.65. The Kier molecular flexibility index (Phi) is 4.53. The summed E-state index contributed by atoms with van der Waals surface area (Å²) in [6.45, 7) is 8.93. The average Bonchev–Trinajstić information content (AvgIpc) is 3.31. The maximum absolute atomic E-state index is 14.8. The third-order valence-electron chi connectivity index (χ3n) is 11.0. The molecule has 4 saturated heterocycles. The largest absolute Gasteiger partial charge is 0.472 e. The molecular formula is C28H32O10. The zero-order valence-electron chi connectivity index (χ0n) is 22.1. The predicted molar refractivity (Wildman–Crippen MR) is 125 cm³/mol. The van der Waals surface area contributed by atoms with Crippen LogP contribution < -0.4 is 0 Å². The van der Waals surface area contributed by atoms with Crippen LogP contribution in [0, 0.1) is 28.1 Å². The van der Waals surface area contributed by atoms with Crippen LogP contribution in [-0.4, -0.2) is 59.8 Å². The molecule has 1 aromatic rings. The zero-order valence-corrected chi connectivity index (χ0v) is 22.1. The second kappa shape index (κ2) is 7.07. The number of cyclic esters (lactones) is 2. The van der Waals surface area contributed by atoms with Crippen molar-refractivity contribution in [3.63, 3.8) is 0 Å². The standard InChI is InChI=1S/C28H32O10/c1-13(29)35-18-19-24(2,3)37-16-10-17(30)34-12-27(16,19)15-6-8-25(4)21(14-7-9-33-11-14)36-23(32)22-28(25,38-22)26(15,5)20(18)31/h7,9,11,15-16,18-19,21-22H,6,8,10,12H2,1-5H3/t15?,16-,18?,19?,21-,22+,25-,26-,27-,28+/m0/s1. The number of esters is 3. The number of hydrogen-bond donors (Lipinski definition) is 0. The molecule has 2 aliphatic carbocycles. The number of furan rings is 1. The van der Waals surface area contributed by atoms with E-state index in [1.165, 1.54) is 13.2 Å². The first-order chi connectivity index (χ1) is 17.8. The fraction of sp³-hybridized carbons (Fsp3) is 0.714. The highest BCUT2D eigenvalue weighted by molar-refractivity contribution is 5.97. The fourth-order valence-corrected chi connectivity index (χ4v) is 9.78. The number of carbonyl (C=O) groups is 4. The third kappa shape index (κ3) is 2.48. The van der Waals surface area contributed by atoms with E-state index < -0.39 is 69.7 Å². The van der Waals surface area contributed by atoms with Crippen LogP contribution >= 0.6 is 0 Å². The van der Waals surface area contributed by atoms with Crippen molar-refractivity contribution in [3.05, 3.63) is 24.2 Å². The lowest BCUT2D eigenvalue weighted by atomic mass is 9.36. The molecule has 0 amide bonds. The van der Waals surface area contributed by atoms with Crippen molar-refractivity contribution < 1.29 is 47.3 Å². The molecule has 4 aliphatic heterocycles. The summed E-state index contributed by atoms with van der Waals surface area (Å²) in [6, 6.07) is 1.76. The van der Waals surface area contributed by atoms with Gasteiger partial charge < -0.3 is 28.1 Å². The number of ether oxygens (including phenoxy) is 5. The first-order valence-corrected chi connectivity index (χ1v) is 13.3. The van der Waals surface area contributed by atoms with Crippen LogP contribution in [0.15, 0.2) is 23.0 Å². The number of hydrogen-bond acceptors (Lipinski definition) is 10. The molecule has 0 aromatic carbocycles. The number of ketones is 1. The van der Waals surface area contributed by atoms with E-state index in [9.17, 15) is 19.2 Å². The number of carbonyl (C=O) groups excluding carboxylic acids is 4. The van der Waals surface area contributed by atoms with E-state index in [1.807, 2.05) is 27.7 Å². The Morgan fingerprint density at radius 3 is 2.53 bits per heavy atom. The molecule has 6 aliphatic rings. The van der Waals surface area contributed by atoms with Crippen LogP contribution in [0.3, 0.4) is 0 Å². The minimum absolute atomic E-state index is 0.0434. The molecule has 0 bridgehead atoms. The summed E-state index contributed by atoms with van der Waals surface area (Å²) in [4.78, 5) is 53.0. The Morgan fingerprint density at radius 1 is 1.08 bits per heavy atom. The lowest BCUT2D eigenvalue weighted by Crippen LogP contribution is -2.76. The summed E-state index contributed by atoms with van der Waals surface area (Å²) in [7, 11) is 0. The summed E-state index contributed by atoms with van der Waals surface area (Å²) in [5, 5.41) is 0. The molecule has 5 heterocycles. The maximum Gasteiger partial charge on any atom is 0.339 e. The van der Waals surface area contributed by atoms with Crippen LogP contribution in [0.25, 0.3) is 0 Å². The Hall–Kier alpha value is -2.72. The van der Waals surface area contributed by atoms with Crippen molar-refractivity contribution in [3.8, 4) is 0 Å². The number of epoxide rings is 1. The van der Waals surface area contributed by atoms with Crippen LogP contribution in [0.1, 0.15) is 65.5 Å². The summed E-state index contributed by atoms with van der Waals surface area (Å²) >= 11 is 0. The van der Waals surface area contributed by atoms with E-state index in [-0.39, 0.29) is 30.7 Å². The van der Waals surface area contributed by atoms with E-state index in [0.717, 1.165) is 0 Å². The molecule has 0 N–H and O–H groups in total. The number of rotatable bonds is 2. The van der Waals surface area contributed by atoms with Gasteiger partial charge in [0.15, 0.2) is 18.0 Å². The van der Waals surface area contributed by atoms with Gasteiger partial charge in [0, 0.05) is 29.2 Å². The maximum atomic E-state index is 14.8. The van der Waals surface area contributed by atoms with Gasteiger partial charge in [-0.05, 0) is 45.6 Å². The smallest absolute Gasteiger partial charge is 0.339 e. The van der Waals surface area contributed by atoms with Crippen molar-refractivity contribution in [2.24, 2.45) is 28.1 Å². The summed E-state index contributed by atoms with van der Waals surface area (Å²) in [6.07, 6.45) is 0.994. The van der Waals surface area contributed by atoms with E-state index in [2.05, 4.69) is 0 Å². The highest BCUT2D eigenvalue weighted by Gasteiger charge is 2.91. The highest BCUT2D eigenvalue weighted by atomic mass is 16.7. The Balaban J connectivity index is 1.45. The van der Waals surface area contributed by atoms with Gasteiger partial charge in [0.25, 0.3) is 0 Å². The number of fused-ring (bicyclic) bond motifs is 1. The molecule has 204 valence electrons. The molecule has 2 spiro atoms. The molecule has 10 atom stereocenters. The third-order valence-corrected chi connectivity index (χ3v) is 11.0. The topological polar surface area (TPSA) is 131 Å². The minimum atomic E-state index is -1.26. The van der Waals surface area contributed by atoms with Crippen molar-refractivity contribution in [2.45, 2.75) is 89.5 Å². The van der Waals surface area contributed by atoms with Crippen molar-refractivity contribution in [1.29, 1.82) is 0 Å². The normalized spacial score (nSPS) is 49.9. The molecule has 0 radical (unpaired) electrons. The molecule has 7 rings (SSSR count). The average molecular weight is 529 g/mol. The summed E-state index contributed by atoms with van der Waals surface area (Å²) < 4.78 is 35.7. The van der Waals surface area contributed by atoms with Crippen LogP contribution in [0.2, 0.25) is 0 Å². The number of Topliss-reactive ketones (excluding diaryl/α,β-unsaturated/α-hetero) is 1. The molecule has 38 heavy (non-hydrogen) atoms. The van der Waals surface area contributed by atoms with Gasteiger partial charge in [-0.1, -0.05) is 6.92 Å². The van der Waals surface area contributed by atoms with Gasteiger partial charge in [-0.15, -0.1) is 0 Å². The lowest BCUT2D eigenvalue weighted by Gasteiger charge is -2.65. The van der Waals surface area contributed by atoms with Crippen molar-refractivity contribution in [2.75, 3.05) is 6.61 Å². The zero-order chi connectivity index (χ0) is 27.0. The van der Waals surface area contributed by atoms with Gasteiger partial charge in [-0.25, -0.2) is 4.79 Å². The van der Waals surface area contributed by atoms with Gasteiger partial charge >= 0.3 is 17.9 Å². The van der Waals surface area contributed by atoms with E-state index >= 15 is 0 Å². The van der Waals surface area contributed by atoms with Gasteiger partial charge in [-0.2, -0.15) is 0 Å². The van der Waals surface area contributed by atoms with E-state index in [0.29, 0.717) is 18.4 Å². The fourth-order valence-electron chi connectivity index (χ4n) is 9.78. The molecule has 10 nitrogen and oxygen atoms in total. The lowest BCUT2D eigenvalue weighted by molar-refractivity contribution is -0.240. The molecule has 2 saturated carbocycles. The molecule has 1 aromatic heterocycles. The predicted octanol–water partition coefficient (Wildman–Crippen LogP) is 2.68. The van der Waals surface area contributed by atoms with E-state index in [1.54, 1.807) is 12.3 Å². The second-order valence-electron chi connectivity index (χ2n) is 12.9. The van der Waals surface area contributed by atoms with Gasteiger partial charge in [-0.3, -0.25) is 14.4 Å². The SMILES string of the molecule is CC(=O)OC1C(=O)[C@]2(C)C(CC[C@@]3(C)[C@H](c4ccoc4)OC(=O)[C@H]4O[C@]432)[C@@]23COC(=O)C[C@@H]2OC(C)(C)C13. The van der Waals surface area contributed by atoms with E-state index in [4.69, 9.17) is 28.1 Å². The first-order valence-electron chi connectivity index (χ1n) is 13.3. The summed E-state index contributed by atoms with van der Waals surface area (Å²) in [5.41, 5.74) is -4.21. The Morgan fingerprint density at radius 2 is 1.84 bits per heavy atom. The van der Waals surface area contributed by atoms with Crippen LogP contribution in [0.5, 0.6) is 0 Å². The Labute approximate surface area is 219 Å². The molecular weight excluding hydrogens is 496 g/mol. The van der Waals surface area contributed by atoms with Crippen LogP contribution in [0.4, 0.5) is 0 Å². The molecule has 6 fully saturated rings. The second-order valence-corrected chi connectivity index (χ2v) is 12.9. The first kappa shape index (κ1) is 24.3. The van der Waals surface area contributed by atoms with Gasteiger partial charge in [0.1, 0.15) is 18.3 Å². The molecule has 10 heteroatoms. The van der Waals surface area contributed by atoms with Crippen molar-refractivity contribution in [1.82, 2.24) is 0 Å². The van der Waals surface area contributed by atoms with Crippen LogP contribution in [-0.2, 0) is 42.9 Å². The minimum Gasteiger partial charge on any atom is -0.472 e. The van der Waals surface area contributed by atoms with Gasteiger partial charge in [0.05, 0.1) is 36.1 Å². The quantitative estimate of drug-likeness (QED) is 0.321. The Bertz CT molecular complexity index is 1270. The molecule has 3 unspecified atom stereocenters. The van der Waals surface area contributed by atoms with Gasteiger partial charge in [0.2, 0.25) is 0 Å².